The van der Waals surface area contributed by atoms with Crippen LogP contribution in [0.3, 0.4) is 0 Å². The topological polar surface area (TPSA) is 58.9 Å². The van der Waals surface area contributed by atoms with Crippen molar-refractivity contribution in [1.82, 2.24) is 0 Å². The monoisotopic (exact) mass is 272 g/mol. The molecule has 0 aliphatic carbocycles. The molecule has 2 rings (SSSR count). The summed E-state index contributed by atoms with van der Waals surface area (Å²) in [4.78, 5) is 0. The Balaban J connectivity index is 1.80. The van der Waals surface area contributed by atoms with Crippen LogP contribution in [-0.4, -0.2) is 30.4 Å². The molecule has 4 nitrogen and oxygen atoms in total. The van der Waals surface area contributed by atoms with Gasteiger partial charge in [-0.2, -0.15) is 0 Å². The van der Waals surface area contributed by atoms with Crippen LogP contribution >= 0.6 is 0 Å². The predicted molar refractivity (Wildman–Crippen MR) is 78.4 cm³/mol. The van der Waals surface area contributed by atoms with Gasteiger partial charge in [-0.05, 0) is 42.2 Å². The molecule has 0 fully saturated rings. The van der Waals surface area contributed by atoms with Gasteiger partial charge < -0.3 is 19.5 Å². The maximum Gasteiger partial charge on any atom is 0.488 e. The number of hydrogen-bond acceptors (Lipinski definition) is 4. The van der Waals surface area contributed by atoms with E-state index in [4.69, 9.17) is 19.5 Å². The zero-order valence-corrected chi connectivity index (χ0v) is 11.3. The highest BCUT2D eigenvalue weighted by atomic mass is 16.5. The quantitative estimate of drug-likeness (QED) is 0.611. The van der Waals surface area contributed by atoms with E-state index >= 15 is 0 Å². The zero-order chi connectivity index (χ0) is 14.4. The van der Waals surface area contributed by atoms with Gasteiger partial charge >= 0.3 is 7.12 Å². The minimum Gasteiger partial charge on any atom is -0.490 e. The lowest BCUT2D eigenvalue weighted by Crippen LogP contribution is -2.29. The molecule has 2 N–H and O–H groups in total. The summed E-state index contributed by atoms with van der Waals surface area (Å²) in [6.45, 7) is 2.82. The van der Waals surface area contributed by atoms with Crippen molar-refractivity contribution in [2.24, 2.45) is 0 Å². The first-order valence-electron chi connectivity index (χ1n) is 6.43. The highest BCUT2D eigenvalue weighted by Gasteiger charge is 2.10. The van der Waals surface area contributed by atoms with Crippen molar-refractivity contribution in [3.63, 3.8) is 0 Å². The second-order valence-electron chi connectivity index (χ2n) is 4.46. The largest absolute Gasteiger partial charge is 0.490 e. The summed E-state index contributed by atoms with van der Waals surface area (Å²) in [7, 11) is -1.48. The lowest BCUT2D eigenvalue weighted by atomic mass is 9.80. The molecule has 0 aliphatic heterocycles. The van der Waals surface area contributed by atoms with E-state index in [0.29, 0.717) is 24.4 Å². The molecule has 0 aromatic heterocycles. The van der Waals surface area contributed by atoms with Crippen LogP contribution in [0.25, 0.3) is 0 Å². The molecular formula is C15H17BO4. The third kappa shape index (κ3) is 4.29. The van der Waals surface area contributed by atoms with Crippen molar-refractivity contribution in [3.8, 4) is 11.5 Å². The molecule has 0 unspecified atom stereocenters. The van der Waals surface area contributed by atoms with Crippen molar-refractivity contribution in [3.05, 3.63) is 54.1 Å². The number of rotatable bonds is 6. The molecule has 20 heavy (non-hydrogen) atoms. The molecule has 0 radical (unpaired) electrons. The minimum atomic E-state index is -1.48. The van der Waals surface area contributed by atoms with Gasteiger partial charge in [-0.1, -0.05) is 24.3 Å². The molecule has 5 heteroatoms. The van der Waals surface area contributed by atoms with Crippen LogP contribution < -0.4 is 14.9 Å². The molecule has 0 saturated heterocycles. The Morgan fingerprint density at radius 1 is 0.900 bits per heavy atom. The molecule has 2 aromatic rings. The highest BCUT2D eigenvalue weighted by Crippen LogP contribution is 2.12. The standard InChI is InChI=1S/C15H17BO4/c1-12-4-2-6-14(10-12)19-8-9-20-15-7-3-5-13(11-15)16(17)18/h2-7,10-11,17-18H,8-9H2,1H3. The van der Waals surface area contributed by atoms with Gasteiger partial charge in [0, 0.05) is 0 Å². The van der Waals surface area contributed by atoms with Gasteiger partial charge in [-0.25, -0.2) is 0 Å². The number of hydrogen-bond donors (Lipinski definition) is 2. The van der Waals surface area contributed by atoms with E-state index in [1.54, 1.807) is 24.3 Å². The summed E-state index contributed by atoms with van der Waals surface area (Å²) >= 11 is 0. The smallest absolute Gasteiger partial charge is 0.488 e. The first-order chi connectivity index (χ1) is 9.65. The third-order valence-corrected chi connectivity index (χ3v) is 2.77. The Kier molecular flexibility index (Phi) is 5.04. The van der Waals surface area contributed by atoms with Gasteiger partial charge in [0.2, 0.25) is 0 Å². The summed E-state index contributed by atoms with van der Waals surface area (Å²) in [6.07, 6.45) is 0. The van der Waals surface area contributed by atoms with E-state index in [1.807, 2.05) is 31.2 Å². The van der Waals surface area contributed by atoms with Gasteiger partial charge in [-0.3, -0.25) is 0 Å². The molecule has 0 saturated carbocycles. The average molecular weight is 272 g/mol. The third-order valence-electron chi connectivity index (χ3n) is 2.77. The average Bonchev–Trinajstić information content (AvgIpc) is 2.44. The maximum atomic E-state index is 9.07. The Morgan fingerprint density at radius 2 is 1.50 bits per heavy atom. The van der Waals surface area contributed by atoms with E-state index < -0.39 is 7.12 Å². The van der Waals surface area contributed by atoms with Crippen LogP contribution in [0.5, 0.6) is 11.5 Å². The Morgan fingerprint density at radius 3 is 2.10 bits per heavy atom. The minimum absolute atomic E-state index is 0.388. The number of benzene rings is 2. The summed E-state index contributed by atoms with van der Waals surface area (Å²) < 4.78 is 11.1. The second-order valence-corrected chi connectivity index (χ2v) is 4.46. The predicted octanol–water partition coefficient (Wildman–Crippen LogP) is 1.13. The molecule has 0 amide bonds. The molecule has 104 valence electrons. The summed E-state index contributed by atoms with van der Waals surface area (Å²) in [5.41, 5.74) is 1.55. The van der Waals surface area contributed by atoms with Crippen molar-refractivity contribution >= 4 is 12.6 Å². The fourth-order valence-corrected chi connectivity index (χ4v) is 1.79. The van der Waals surface area contributed by atoms with Gasteiger partial charge in [0.15, 0.2) is 0 Å². The van der Waals surface area contributed by atoms with Crippen LogP contribution in [0.1, 0.15) is 5.56 Å². The summed E-state index contributed by atoms with van der Waals surface area (Å²) in [6, 6.07) is 14.5. The molecule has 0 atom stereocenters. The van der Waals surface area contributed by atoms with E-state index in [1.165, 1.54) is 0 Å². The summed E-state index contributed by atoms with van der Waals surface area (Å²) in [5, 5.41) is 18.1. The lowest BCUT2D eigenvalue weighted by molar-refractivity contribution is 0.217. The molecule has 0 bridgehead atoms. The first kappa shape index (κ1) is 14.4. The second kappa shape index (κ2) is 6.98. The normalized spacial score (nSPS) is 10.2. The van der Waals surface area contributed by atoms with Crippen LogP contribution in [0, 0.1) is 6.92 Å². The van der Waals surface area contributed by atoms with E-state index in [2.05, 4.69) is 0 Å². The van der Waals surface area contributed by atoms with E-state index in [0.717, 1.165) is 11.3 Å². The molecule has 0 spiro atoms. The van der Waals surface area contributed by atoms with Crippen LogP contribution in [0.2, 0.25) is 0 Å². The van der Waals surface area contributed by atoms with Crippen LogP contribution in [0.4, 0.5) is 0 Å². The fraction of sp³-hybridized carbons (Fsp3) is 0.200. The Bertz CT molecular complexity index is 557. The molecule has 0 heterocycles. The van der Waals surface area contributed by atoms with Crippen LogP contribution in [-0.2, 0) is 0 Å². The van der Waals surface area contributed by atoms with Gasteiger partial charge in [-0.15, -0.1) is 0 Å². The van der Waals surface area contributed by atoms with Crippen LogP contribution in [0.15, 0.2) is 48.5 Å². The van der Waals surface area contributed by atoms with Gasteiger partial charge in [0.1, 0.15) is 24.7 Å². The fourth-order valence-electron chi connectivity index (χ4n) is 1.79. The summed E-state index contributed by atoms with van der Waals surface area (Å²) in [5.74, 6) is 1.40. The first-order valence-corrected chi connectivity index (χ1v) is 6.43. The highest BCUT2D eigenvalue weighted by molar-refractivity contribution is 6.58. The van der Waals surface area contributed by atoms with Gasteiger partial charge in [0.05, 0.1) is 0 Å². The van der Waals surface area contributed by atoms with Crippen molar-refractivity contribution in [1.29, 1.82) is 0 Å². The molecular weight excluding hydrogens is 255 g/mol. The lowest BCUT2D eigenvalue weighted by Gasteiger charge is -2.09. The van der Waals surface area contributed by atoms with Gasteiger partial charge in [0.25, 0.3) is 0 Å². The molecule has 2 aromatic carbocycles. The van der Waals surface area contributed by atoms with Crippen molar-refractivity contribution < 1.29 is 19.5 Å². The van der Waals surface area contributed by atoms with E-state index in [9.17, 15) is 0 Å². The van der Waals surface area contributed by atoms with Crippen molar-refractivity contribution in [2.75, 3.05) is 13.2 Å². The number of aryl methyl sites for hydroxylation is 1. The van der Waals surface area contributed by atoms with Crippen molar-refractivity contribution in [2.45, 2.75) is 6.92 Å². The Hall–Kier alpha value is -1.98. The van der Waals surface area contributed by atoms with E-state index in [-0.39, 0.29) is 0 Å². The SMILES string of the molecule is Cc1cccc(OCCOc2cccc(B(O)O)c2)c1. The maximum absolute atomic E-state index is 9.07. The Labute approximate surface area is 118 Å². The molecule has 0 aliphatic rings. The zero-order valence-electron chi connectivity index (χ0n) is 11.3. The number of ether oxygens (including phenoxy) is 2.